The van der Waals surface area contributed by atoms with Crippen LogP contribution in [-0.4, -0.2) is 11.8 Å². The Hall–Kier alpha value is -2.62. The summed E-state index contributed by atoms with van der Waals surface area (Å²) < 4.78 is 0. The second-order valence-corrected chi connectivity index (χ2v) is 6.73. The van der Waals surface area contributed by atoms with Crippen LogP contribution >= 0.6 is 0 Å². The molecule has 25 heavy (non-hydrogen) atoms. The largest absolute Gasteiger partial charge is 0.326 e. The van der Waals surface area contributed by atoms with E-state index in [4.69, 9.17) is 0 Å². The van der Waals surface area contributed by atoms with E-state index in [0.717, 1.165) is 24.9 Å². The Morgan fingerprint density at radius 2 is 1.76 bits per heavy atom. The number of anilines is 2. The zero-order valence-electron chi connectivity index (χ0n) is 14.7. The number of benzene rings is 2. The molecule has 0 radical (unpaired) electrons. The lowest BCUT2D eigenvalue weighted by Gasteiger charge is -2.11. The molecule has 4 heteroatoms. The van der Waals surface area contributed by atoms with Crippen LogP contribution in [0, 0.1) is 5.92 Å². The summed E-state index contributed by atoms with van der Waals surface area (Å²) in [5.74, 6) is 0.509. The first-order valence-corrected chi connectivity index (χ1v) is 8.89. The van der Waals surface area contributed by atoms with Crippen molar-refractivity contribution < 1.29 is 9.59 Å². The number of amides is 2. The Labute approximate surface area is 148 Å². The maximum absolute atomic E-state index is 12.4. The smallest absolute Gasteiger partial charge is 0.255 e. The van der Waals surface area contributed by atoms with Crippen LogP contribution in [0.4, 0.5) is 11.4 Å². The Bertz CT molecular complexity index is 764. The van der Waals surface area contributed by atoms with Crippen LogP contribution < -0.4 is 10.6 Å². The first-order chi connectivity index (χ1) is 12.1. The minimum atomic E-state index is -0.182. The van der Waals surface area contributed by atoms with Gasteiger partial charge < -0.3 is 10.6 Å². The summed E-state index contributed by atoms with van der Waals surface area (Å²) in [6.07, 6.45) is 3.00. The average molecular weight is 336 g/mol. The van der Waals surface area contributed by atoms with Gasteiger partial charge in [0.25, 0.3) is 5.91 Å². The summed E-state index contributed by atoms with van der Waals surface area (Å²) in [4.78, 5) is 24.3. The highest BCUT2D eigenvalue weighted by Crippen LogP contribution is 2.30. The number of carbonyl (C=O) groups is 2. The van der Waals surface area contributed by atoms with Crippen molar-refractivity contribution in [2.24, 2.45) is 5.92 Å². The van der Waals surface area contributed by atoms with Gasteiger partial charge in [0.1, 0.15) is 0 Å². The SMILES string of the molecule is CCC(C)c1ccc(NC(=O)c2cccc(NC(=O)C3CC3)c2)cc1. The Balaban J connectivity index is 1.65. The van der Waals surface area contributed by atoms with Crippen molar-refractivity contribution >= 4 is 23.2 Å². The summed E-state index contributed by atoms with van der Waals surface area (Å²) in [7, 11) is 0. The van der Waals surface area contributed by atoms with Crippen molar-refractivity contribution in [3.8, 4) is 0 Å². The number of nitrogens with one attached hydrogen (secondary N) is 2. The predicted molar refractivity (Wildman–Crippen MR) is 101 cm³/mol. The van der Waals surface area contributed by atoms with Crippen LogP contribution in [0.3, 0.4) is 0 Å². The molecule has 0 heterocycles. The van der Waals surface area contributed by atoms with Crippen LogP contribution in [0.25, 0.3) is 0 Å². The fourth-order valence-corrected chi connectivity index (χ4v) is 2.66. The molecule has 130 valence electrons. The zero-order chi connectivity index (χ0) is 17.8. The monoisotopic (exact) mass is 336 g/mol. The molecule has 1 aliphatic rings. The molecule has 1 saturated carbocycles. The molecule has 0 saturated heterocycles. The van der Waals surface area contributed by atoms with E-state index in [1.165, 1.54) is 5.56 Å². The Morgan fingerprint density at radius 1 is 1.04 bits per heavy atom. The fourth-order valence-electron chi connectivity index (χ4n) is 2.66. The van der Waals surface area contributed by atoms with Gasteiger partial charge in [-0.05, 0) is 61.1 Å². The van der Waals surface area contributed by atoms with Gasteiger partial charge in [0.15, 0.2) is 0 Å². The lowest BCUT2D eigenvalue weighted by molar-refractivity contribution is -0.117. The molecule has 0 spiro atoms. The van der Waals surface area contributed by atoms with E-state index in [1.807, 2.05) is 12.1 Å². The van der Waals surface area contributed by atoms with E-state index in [0.29, 0.717) is 17.2 Å². The lowest BCUT2D eigenvalue weighted by atomic mass is 9.98. The third kappa shape index (κ3) is 4.47. The summed E-state index contributed by atoms with van der Waals surface area (Å²) in [5.41, 5.74) is 3.23. The van der Waals surface area contributed by atoms with Gasteiger partial charge in [0, 0.05) is 22.9 Å². The molecule has 1 atom stereocenters. The Kier molecular flexibility index (Phi) is 5.17. The highest BCUT2D eigenvalue weighted by atomic mass is 16.2. The number of rotatable bonds is 6. The van der Waals surface area contributed by atoms with Gasteiger partial charge in [-0.2, -0.15) is 0 Å². The maximum Gasteiger partial charge on any atom is 0.255 e. The highest BCUT2D eigenvalue weighted by Gasteiger charge is 2.29. The van der Waals surface area contributed by atoms with E-state index >= 15 is 0 Å². The normalized spacial score (nSPS) is 14.6. The van der Waals surface area contributed by atoms with E-state index in [-0.39, 0.29) is 17.7 Å². The molecular weight excluding hydrogens is 312 g/mol. The van der Waals surface area contributed by atoms with E-state index in [1.54, 1.807) is 24.3 Å². The molecule has 2 N–H and O–H groups in total. The molecule has 0 aromatic heterocycles. The summed E-state index contributed by atoms with van der Waals surface area (Å²) in [6, 6.07) is 15.0. The van der Waals surface area contributed by atoms with Crippen molar-refractivity contribution in [3.05, 3.63) is 59.7 Å². The van der Waals surface area contributed by atoms with Crippen molar-refractivity contribution in [2.45, 2.75) is 39.0 Å². The van der Waals surface area contributed by atoms with Crippen LogP contribution in [0.1, 0.15) is 54.9 Å². The fraction of sp³-hybridized carbons (Fsp3) is 0.333. The van der Waals surface area contributed by atoms with E-state index < -0.39 is 0 Å². The van der Waals surface area contributed by atoms with Gasteiger partial charge in [-0.25, -0.2) is 0 Å². The minimum absolute atomic E-state index is 0.0400. The lowest BCUT2D eigenvalue weighted by Crippen LogP contribution is -2.15. The van der Waals surface area contributed by atoms with Crippen molar-refractivity contribution in [3.63, 3.8) is 0 Å². The van der Waals surface area contributed by atoms with Gasteiger partial charge in [0.2, 0.25) is 5.91 Å². The molecule has 0 aliphatic heterocycles. The molecule has 1 fully saturated rings. The quantitative estimate of drug-likeness (QED) is 0.796. The van der Waals surface area contributed by atoms with Gasteiger partial charge in [0.05, 0.1) is 0 Å². The van der Waals surface area contributed by atoms with Crippen LogP contribution in [-0.2, 0) is 4.79 Å². The molecule has 2 aromatic rings. The zero-order valence-corrected chi connectivity index (χ0v) is 14.7. The first kappa shape index (κ1) is 17.2. The number of carbonyl (C=O) groups excluding carboxylic acids is 2. The molecule has 1 unspecified atom stereocenters. The molecule has 2 amide bonds. The Morgan fingerprint density at radius 3 is 2.40 bits per heavy atom. The third-order valence-corrected chi connectivity index (χ3v) is 4.69. The van der Waals surface area contributed by atoms with Crippen LogP contribution in [0.2, 0.25) is 0 Å². The average Bonchev–Trinajstić information content (AvgIpc) is 3.47. The molecule has 1 aliphatic carbocycles. The summed E-state index contributed by atoms with van der Waals surface area (Å²) in [5, 5.41) is 5.78. The standard InChI is InChI=1S/C21H24N2O2/c1-3-14(2)15-9-11-18(12-10-15)22-21(25)17-5-4-6-19(13-17)23-20(24)16-7-8-16/h4-6,9-14,16H,3,7-8H2,1-2H3,(H,22,25)(H,23,24). The van der Waals surface area contributed by atoms with Gasteiger partial charge >= 0.3 is 0 Å². The van der Waals surface area contributed by atoms with Crippen LogP contribution in [0.15, 0.2) is 48.5 Å². The van der Waals surface area contributed by atoms with Gasteiger partial charge in [-0.1, -0.05) is 32.0 Å². The highest BCUT2D eigenvalue weighted by molar-refractivity contribution is 6.05. The predicted octanol–water partition coefficient (Wildman–Crippen LogP) is 4.80. The second-order valence-electron chi connectivity index (χ2n) is 6.73. The van der Waals surface area contributed by atoms with Crippen molar-refractivity contribution in [1.82, 2.24) is 0 Å². The third-order valence-electron chi connectivity index (χ3n) is 4.69. The molecular formula is C21H24N2O2. The molecule has 2 aromatic carbocycles. The van der Waals surface area contributed by atoms with Gasteiger partial charge in [-0.3, -0.25) is 9.59 Å². The summed E-state index contributed by atoms with van der Waals surface area (Å²) in [6.45, 7) is 4.35. The maximum atomic E-state index is 12.4. The molecule has 3 rings (SSSR count). The second kappa shape index (κ2) is 7.51. The van der Waals surface area contributed by atoms with E-state index in [9.17, 15) is 9.59 Å². The van der Waals surface area contributed by atoms with Crippen LogP contribution in [0.5, 0.6) is 0 Å². The number of hydrogen-bond donors (Lipinski definition) is 2. The molecule has 0 bridgehead atoms. The van der Waals surface area contributed by atoms with E-state index in [2.05, 4.69) is 36.6 Å². The topological polar surface area (TPSA) is 58.2 Å². The first-order valence-electron chi connectivity index (χ1n) is 8.89. The minimum Gasteiger partial charge on any atom is -0.326 e. The van der Waals surface area contributed by atoms with Crippen molar-refractivity contribution in [2.75, 3.05) is 10.6 Å². The number of hydrogen-bond acceptors (Lipinski definition) is 2. The summed E-state index contributed by atoms with van der Waals surface area (Å²) >= 11 is 0. The molecule has 4 nitrogen and oxygen atoms in total. The van der Waals surface area contributed by atoms with Crippen molar-refractivity contribution in [1.29, 1.82) is 0 Å². The van der Waals surface area contributed by atoms with Gasteiger partial charge in [-0.15, -0.1) is 0 Å².